The van der Waals surface area contributed by atoms with Crippen molar-refractivity contribution in [3.05, 3.63) is 53.0 Å². The van der Waals surface area contributed by atoms with Crippen LogP contribution in [0.25, 0.3) is 0 Å². The number of hydrogen-bond donors (Lipinski definition) is 0. The molecule has 1 heterocycles. The second-order valence-corrected chi connectivity index (χ2v) is 7.10. The minimum Gasteiger partial charge on any atom is -0.268 e. The minimum absolute atomic E-state index is 0.0170. The van der Waals surface area contributed by atoms with Crippen molar-refractivity contribution in [1.29, 1.82) is 0 Å². The van der Waals surface area contributed by atoms with Gasteiger partial charge in [0.1, 0.15) is 0 Å². The van der Waals surface area contributed by atoms with Crippen molar-refractivity contribution in [3.63, 3.8) is 0 Å². The van der Waals surface area contributed by atoms with Gasteiger partial charge in [0.05, 0.1) is 10.6 Å². The fourth-order valence-corrected chi connectivity index (χ4v) is 3.95. The van der Waals surface area contributed by atoms with Crippen LogP contribution in [0.5, 0.6) is 0 Å². The van der Waals surface area contributed by atoms with Crippen molar-refractivity contribution in [3.8, 4) is 0 Å². The Morgan fingerprint density at radius 1 is 1.29 bits per heavy atom. The van der Waals surface area contributed by atoms with Crippen molar-refractivity contribution in [2.24, 2.45) is 5.92 Å². The molecular formula is C17H17NOS2. The molecule has 0 aromatic heterocycles. The fraction of sp³-hybridized carbons (Fsp3) is 0.294. The molecule has 0 spiro atoms. The first-order chi connectivity index (χ1) is 10.1. The standard InChI is InChI=1S/C17H17NOS2/c1-12-7-9-14(10-8-12)18-16(19)15(21-17(18)20)11-13-5-3-2-4-6-13/h2-3,7-11,13H,4-6H2,1H3/b15-11-/t13-/m0/s1. The molecule has 1 aliphatic heterocycles. The summed E-state index contributed by atoms with van der Waals surface area (Å²) < 4.78 is 0.626. The predicted octanol–water partition coefficient (Wildman–Crippen LogP) is 4.60. The summed E-state index contributed by atoms with van der Waals surface area (Å²) in [5.74, 6) is 0.477. The van der Waals surface area contributed by atoms with Gasteiger partial charge in [-0.05, 0) is 44.2 Å². The number of benzene rings is 1. The second-order valence-electron chi connectivity index (χ2n) is 5.42. The molecule has 1 amide bonds. The van der Waals surface area contributed by atoms with Crippen LogP contribution in [0.1, 0.15) is 24.8 Å². The number of anilines is 1. The van der Waals surface area contributed by atoms with Crippen molar-refractivity contribution in [1.82, 2.24) is 0 Å². The minimum atomic E-state index is 0.0170. The summed E-state index contributed by atoms with van der Waals surface area (Å²) in [6.07, 6.45) is 9.75. The lowest BCUT2D eigenvalue weighted by Gasteiger charge is -2.15. The first-order valence-electron chi connectivity index (χ1n) is 7.15. The largest absolute Gasteiger partial charge is 0.270 e. The zero-order valence-corrected chi connectivity index (χ0v) is 13.5. The van der Waals surface area contributed by atoms with Crippen molar-refractivity contribution in [2.75, 3.05) is 4.90 Å². The van der Waals surface area contributed by atoms with Gasteiger partial charge in [0.25, 0.3) is 5.91 Å². The number of amides is 1. The lowest BCUT2D eigenvalue weighted by Crippen LogP contribution is -2.27. The van der Waals surface area contributed by atoms with Crippen LogP contribution in [-0.2, 0) is 4.79 Å². The number of carbonyl (C=O) groups excluding carboxylic acids is 1. The Labute approximate surface area is 134 Å². The first-order valence-corrected chi connectivity index (χ1v) is 8.37. The molecule has 3 rings (SSSR count). The van der Waals surface area contributed by atoms with Crippen LogP contribution in [0.15, 0.2) is 47.4 Å². The summed E-state index contributed by atoms with van der Waals surface area (Å²) >= 11 is 6.81. The Morgan fingerprint density at radius 2 is 2.05 bits per heavy atom. The van der Waals surface area contributed by atoms with E-state index >= 15 is 0 Å². The number of aryl methyl sites for hydroxylation is 1. The van der Waals surface area contributed by atoms with Crippen LogP contribution in [0.2, 0.25) is 0 Å². The van der Waals surface area contributed by atoms with Crippen LogP contribution in [0, 0.1) is 12.8 Å². The van der Waals surface area contributed by atoms with E-state index in [0.717, 1.165) is 29.9 Å². The third-order valence-electron chi connectivity index (χ3n) is 3.78. The van der Waals surface area contributed by atoms with Gasteiger partial charge in [0.2, 0.25) is 0 Å². The highest BCUT2D eigenvalue weighted by Crippen LogP contribution is 2.36. The molecule has 0 unspecified atom stereocenters. The summed E-state index contributed by atoms with van der Waals surface area (Å²) in [6.45, 7) is 2.03. The molecule has 21 heavy (non-hydrogen) atoms. The Bertz CT molecular complexity index is 631. The van der Waals surface area contributed by atoms with Crippen LogP contribution >= 0.6 is 24.0 Å². The summed E-state index contributed by atoms with van der Waals surface area (Å²) in [6, 6.07) is 7.91. The Kier molecular flexibility index (Phi) is 4.27. The number of nitrogens with zero attached hydrogens (tertiary/aromatic N) is 1. The van der Waals surface area contributed by atoms with Gasteiger partial charge in [-0.2, -0.15) is 0 Å². The molecule has 1 aliphatic carbocycles. The van der Waals surface area contributed by atoms with Gasteiger partial charge in [-0.1, -0.05) is 59.9 Å². The van der Waals surface area contributed by atoms with E-state index in [9.17, 15) is 4.79 Å². The second kappa shape index (κ2) is 6.16. The van der Waals surface area contributed by atoms with Crippen LogP contribution < -0.4 is 4.90 Å². The molecular weight excluding hydrogens is 298 g/mol. The third kappa shape index (κ3) is 3.11. The molecule has 0 N–H and O–H groups in total. The fourth-order valence-electron chi connectivity index (χ4n) is 2.58. The summed E-state index contributed by atoms with van der Waals surface area (Å²) in [5, 5.41) is 0. The average molecular weight is 315 g/mol. The van der Waals surface area contributed by atoms with Crippen LogP contribution in [0.4, 0.5) is 5.69 Å². The molecule has 1 atom stereocenters. The van der Waals surface area contributed by atoms with E-state index in [-0.39, 0.29) is 5.91 Å². The maximum atomic E-state index is 12.6. The Morgan fingerprint density at radius 3 is 2.71 bits per heavy atom. The van der Waals surface area contributed by atoms with Gasteiger partial charge in [-0.25, -0.2) is 0 Å². The number of thioether (sulfide) groups is 1. The normalized spacial score (nSPS) is 24.1. The first kappa shape index (κ1) is 14.5. The third-order valence-corrected chi connectivity index (χ3v) is 5.10. The van der Waals surface area contributed by atoms with Crippen LogP contribution in [0.3, 0.4) is 0 Å². The van der Waals surface area contributed by atoms with Crippen molar-refractivity contribution >= 4 is 39.9 Å². The molecule has 1 aromatic carbocycles. The van der Waals surface area contributed by atoms with E-state index < -0.39 is 0 Å². The Balaban J connectivity index is 1.83. The number of hydrogen-bond acceptors (Lipinski definition) is 3. The molecule has 1 fully saturated rings. The SMILES string of the molecule is Cc1ccc(N2C(=O)/C(=C/[C@H]3CC=CCC3)SC2=S)cc1. The van der Waals surface area contributed by atoms with Gasteiger partial charge in [-0.3, -0.25) is 9.69 Å². The van der Waals surface area contributed by atoms with Gasteiger partial charge >= 0.3 is 0 Å². The number of thiocarbonyl (C=S) groups is 1. The molecule has 1 saturated heterocycles. The van der Waals surface area contributed by atoms with Gasteiger partial charge in [-0.15, -0.1) is 0 Å². The van der Waals surface area contributed by atoms with Crippen molar-refractivity contribution in [2.45, 2.75) is 26.2 Å². The van der Waals surface area contributed by atoms with E-state index in [2.05, 4.69) is 18.2 Å². The monoisotopic (exact) mass is 315 g/mol. The van der Waals surface area contributed by atoms with E-state index in [1.54, 1.807) is 4.90 Å². The smallest absolute Gasteiger partial charge is 0.268 e. The summed E-state index contributed by atoms with van der Waals surface area (Å²) in [4.78, 5) is 15.0. The van der Waals surface area contributed by atoms with E-state index in [1.807, 2.05) is 31.2 Å². The lowest BCUT2D eigenvalue weighted by molar-refractivity contribution is -0.113. The molecule has 0 saturated carbocycles. The zero-order chi connectivity index (χ0) is 14.8. The maximum absolute atomic E-state index is 12.6. The summed E-state index contributed by atoms with van der Waals surface area (Å²) in [5.41, 5.74) is 2.03. The predicted molar refractivity (Wildman–Crippen MR) is 93.4 cm³/mol. The van der Waals surface area contributed by atoms with Gasteiger partial charge in [0.15, 0.2) is 4.32 Å². The number of allylic oxidation sites excluding steroid dienone is 3. The van der Waals surface area contributed by atoms with E-state index in [1.165, 1.54) is 17.3 Å². The average Bonchev–Trinajstić information content (AvgIpc) is 2.76. The maximum Gasteiger partial charge on any atom is 0.270 e. The zero-order valence-electron chi connectivity index (χ0n) is 11.9. The molecule has 2 nitrogen and oxygen atoms in total. The van der Waals surface area contributed by atoms with Crippen LogP contribution in [-0.4, -0.2) is 10.2 Å². The van der Waals surface area contributed by atoms with Crippen molar-refractivity contribution < 1.29 is 4.79 Å². The number of carbonyl (C=O) groups is 1. The molecule has 0 radical (unpaired) electrons. The number of rotatable bonds is 2. The van der Waals surface area contributed by atoms with E-state index in [4.69, 9.17) is 12.2 Å². The quantitative estimate of drug-likeness (QED) is 0.452. The van der Waals surface area contributed by atoms with Gasteiger partial charge < -0.3 is 0 Å². The molecule has 0 bridgehead atoms. The van der Waals surface area contributed by atoms with E-state index in [0.29, 0.717) is 10.2 Å². The Hall–Kier alpha value is -1.39. The highest BCUT2D eigenvalue weighted by molar-refractivity contribution is 8.27. The highest BCUT2D eigenvalue weighted by atomic mass is 32.2. The summed E-state index contributed by atoms with van der Waals surface area (Å²) in [7, 11) is 0. The molecule has 1 aromatic rings. The molecule has 2 aliphatic rings. The molecule has 108 valence electrons. The topological polar surface area (TPSA) is 20.3 Å². The van der Waals surface area contributed by atoms with Gasteiger partial charge in [0, 0.05) is 0 Å². The lowest BCUT2D eigenvalue weighted by atomic mass is 9.94. The highest BCUT2D eigenvalue weighted by Gasteiger charge is 2.33. The molecule has 4 heteroatoms.